The van der Waals surface area contributed by atoms with Crippen molar-refractivity contribution in [1.82, 2.24) is 5.32 Å². The van der Waals surface area contributed by atoms with Crippen LogP contribution in [0.1, 0.15) is 12.0 Å². The van der Waals surface area contributed by atoms with Crippen molar-refractivity contribution >= 4 is 25.8 Å². The molecule has 0 spiro atoms. The molecule has 104 valence electrons. The number of sulfone groups is 1. The summed E-state index contributed by atoms with van der Waals surface area (Å²) in [5.41, 5.74) is 1.04. The second-order valence-corrected chi connectivity index (χ2v) is 7.88. The summed E-state index contributed by atoms with van der Waals surface area (Å²) < 4.78 is 34.3. The largest absolute Gasteiger partial charge is 0.454 e. The molecule has 1 fully saturated rings. The number of benzene rings is 1. The smallest absolute Gasteiger partial charge is 0.231 e. The maximum Gasteiger partial charge on any atom is 0.231 e. The van der Waals surface area contributed by atoms with Crippen molar-refractivity contribution in [3.8, 4) is 11.5 Å². The molecule has 1 N–H and O–H groups in total. The van der Waals surface area contributed by atoms with Gasteiger partial charge in [0.2, 0.25) is 6.79 Å². The maximum atomic E-state index is 11.4. The van der Waals surface area contributed by atoms with Gasteiger partial charge in [-0.05, 0) is 40.0 Å². The van der Waals surface area contributed by atoms with Gasteiger partial charge in [0.15, 0.2) is 21.3 Å². The monoisotopic (exact) mass is 347 g/mol. The first kappa shape index (κ1) is 13.2. The predicted octanol–water partition coefficient (Wildman–Crippen LogP) is 1.45. The second kappa shape index (κ2) is 4.96. The van der Waals surface area contributed by atoms with Gasteiger partial charge in [-0.25, -0.2) is 8.42 Å². The van der Waals surface area contributed by atoms with Gasteiger partial charge >= 0.3 is 0 Å². The van der Waals surface area contributed by atoms with Crippen LogP contribution in [0, 0.1) is 0 Å². The van der Waals surface area contributed by atoms with E-state index in [0.717, 1.165) is 21.5 Å². The van der Waals surface area contributed by atoms with Crippen molar-refractivity contribution in [3.63, 3.8) is 0 Å². The van der Waals surface area contributed by atoms with E-state index in [-0.39, 0.29) is 24.3 Å². The van der Waals surface area contributed by atoms with Crippen molar-refractivity contribution < 1.29 is 17.9 Å². The fourth-order valence-electron chi connectivity index (χ4n) is 2.34. The van der Waals surface area contributed by atoms with Gasteiger partial charge in [0.1, 0.15) is 0 Å². The van der Waals surface area contributed by atoms with Gasteiger partial charge in [0.25, 0.3) is 0 Å². The highest BCUT2D eigenvalue weighted by Gasteiger charge is 2.27. The molecule has 0 aromatic heterocycles. The molecule has 3 rings (SSSR count). The number of halogens is 1. The summed E-state index contributed by atoms with van der Waals surface area (Å²) in [4.78, 5) is 0. The molecule has 0 saturated carbocycles. The first-order valence-corrected chi connectivity index (χ1v) is 8.67. The van der Waals surface area contributed by atoms with E-state index in [4.69, 9.17) is 9.47 Å². The molecule has 2 aliphatic heterocycles. The Morgan fingerprint density at radius 3 is 2.95 bits per heavy atom. The molecule has 0 radical (unpaired) electrons. The summed E-state index contributed by atoms with van der Waals surface area (Å²) in [7, 11) is -2.83. The first-order valence-electron chi connectivity index (χ1n) is 6.05. The number of fused-ring (bicyclic) bond motifs is 1. The highest BCUT2D eigenvalue weighted by Crippen LogP contribution is 2.39. The number of hydrogen-bond donors (Lipinski definition) is 1. The Bertz CT molecular complexity index is 602. The molecule has 7 heteroatoms. The third-order valence-corrected chi connectivity index (χ3v) is 5.67. The zero-order chi connectivity index (χ0) is 13.5. The van der Waals surface area contributed by atoms with Crippen LogP contribution < -0.4 is 14.8 Å². The maximum absolute atomic E-state index is 11.4. The Balaban J connectivity index is 1.66. The van der Waals surface area contributed by atoms with Crippen molar-refractivity contribution in [1.29, 1.82) is 0 Å². The van der Waals surface area contributed by atoms with Crippen LogP contribution in [0.2, 0.25) is 0 Å². The quantitative estimate of drug-likeness (QED) is 0.896. The molecule has 1 aromatic carbocycles. The van der Waals surface area contributed by atoms with Gasteiger partial charge in [0.05, 0.1) is 16.0 Å². The Morgan fingerprint density at radius 1 is 1.37 bits per heavy atom. The predicted molar refractivity (Wildman–Crippen MR) is 74.2 cm³/mol. The van der Waals surface area contributed by atoms with Gasteiger partial charge in [-0.15, -0.1) is 0 Å². The molecule has 1 aromatic rings. The van der Waals surface area contributed by atoms with Crippen LogP contribution in [0.25, 0.3) is 0 Å². The average molecular weight is 348 g/mol. The van der Waals surface area contributed by atoms with Crippen LogP contribution in [0.5, 0.6) is 11.5 Å². The van der Waals surface area contributed by atoms with Crippen molar-refractivity contribution in [2.75, 3.05) is 18.3 Å². The lowest BCUT2D eigenvalue weighted by Gasteiger charge is -2.11. The number of nitrogens with one attached hydrogen (secondary N) is 1. The van der Waals surface area contributed by atoms with Crippen LogP contribution in [-0.2, 0) is 16.4 Å². The van der Waals surface area contributed by atoms with E-state index in [0.29, 0.717) is 13.0 Å². The van der Waals surface area contributed by atoms with E-state index in [2.05, 4.69) is 21.2 Å². The SMILES string of the molecule is O=S1(=O)CCC(NCc2cc(Br)c3c(c2)OCO3)C1. The minimum atomic E-state index is -2.83. The van der Waals surface area contributed by atoms with Gasteiger partial charge in [-0.1, -0.05) is 0 Å². The standard InChI is InChI=1S/C12H14BrNO4S/c13-10-3-8(4-11-12(10)18-7-17-11)5-14-9-1-2-19(15,16)6-9/h3-4,9,14H,1-2,5-7H2. The fourth-order valence-corrected chi connectivity index (χ4v) is 4.65. The number of rotatable bonds is 3. The third kappa shape index (κ3) is 2.88. The molecule has 1 unspecified atom stereocenters. The lowest BCUT2D eigenvalue weighted by molar-refractivity contribution is 0.173. The van der Waals surface area contributed by atoms with Gasteiger partial charge in [0, 0.05) is 12.6 Å². The van der Waals surface area contributed by atoms with E-state index < -0.39 is 9.84 Å². The topological polar surface area (TPSA) is 64.6 Å². The van der Waals surface area contributed by atoms with Gasteiger partial charge < -0.3 is 14.8 Å². The molecule has 5 nitrogen and oxygen atoms in total. The third-order valence-electron chi connectivity index (χ3n) is 3.31. The summed E-state index contributed by atoms with van der Waals surface area (Å²) in [6.07, 6.45) is 0.689. The van der Waals surface area contributed by atoms with Crippen LogP contribution in [0.4, 0.5) is 0 Å². The molecule has 2 heterocycles. The molecule has 19 heavy (non-hydrogen) atoms. The highest BCUT2D eigenvalue weighted by molar-refractivity contribution is 9.10. The van der Waals surface area contributed by atoms with Crippen LogP contribution >= 0.6 is 15.9 Å². The summed E-state index contributed by atoms with van der Waals surface area (Å²) >= 11 is 3.44. The normalized spacial score (nSPS) is 23.7. The Labute approximate surface area is 120 Å². The summed E-state index contributed by atoms with van der Waals surface area (Å²) in [6.45, 7) is 0.862. The molecular weight excluding hydrogens is 334 g/mol. The Morgan fingerprint density at radius 2 is 2.21 bits per heavy atom. The van der Waals surface area contributed by atoms with E-state index in [1.165, 1.54) is 0 Å². The molecule has 1 saturated heterocycles. The van der Waals surface area contributed by atoms with Gasteiger partial charge in [-0.3, -0.25) is 0 Å². The van der Waals surface area contributed by atoms with Gasteiger partial charge in [-0.2, -0.15) is 0 Å². The van der Waals surface area contributed by atoms with Crippen molar-refractivity contribution in [3.05, 3.63) is 22.2 Å². The van der Waals surface area contributed by atoms with E-state index >= 15 is 0 Å². The van der Waals surface area contributed by atoms with Crippen LogP contribution in [0.3, 0.4) is 0 Å². The van der Waals surface area contributed by atoms with Crippen molar-refractivity contribution in [2.24, 2.45) is 0 Å². The Hall–Kier alpha value is -0.790. The summed E-state index contributed by atoms with van der Waals surface area (Å²) in [5, 5.41) is 3.28. The summed E-state index contributed by atoms with van der Waals surface area (Å²) in [5.74, 6) is 1.98. The zero-order valence-corrected chi connectivity index (χ0v) is 12.6. The lowest BCUT2D eigenvalue weighted by atomic mass is 10.2. The second-order valence-electron chi connectivity index (χ2n) is 4.79. The first-order chi connectivity index (χ1) is 9.03. The molecule has 0 amide bonds. The molecular formula is C12H14BrNO4S. The van der Waals surface area contributed by atoms with E-state index in [1.807, 2.05) is 12.1 Å². The average Bonchev–Trinajstić information content (AvgIpc) is 2.93. The molecule has 1 atom stereocenters. The highest BCUT2D eigenvalue weighted by atomic mass is 79.9. The molecule has 2 aliphatic rings. The van der Waals surface area contributed by atoms with Crippen molar-refractivity contribution in [2.45, 2.75) is 19.0 Å². The van der Waals surface area contributed by atoms with E-state index in [9.17, 15) is 8.42 Å². The minimum absolute atomic E-state index is 0.0502. The van der Waals surface area contributed by atoms with Crippen LogP contribution in [0.15, 0.2) is 16.6 Å². The minimum Gasteiger partial charge on any atom is -0.454 e. The fraction of sp³-hybridized carbons (Fsp3) is 0.500. The van der Waals surface area contributed by atoms with Crippen LogP contribution in [-0.4, -0.2) is 32.8 Å². The summed E-state index contributed by atoms with van der Waals surface area (Å²) in [6, 6.07) is 3.93. The number of hydrogen-bond acceptors (Lipinski definition) is 5. The molecule has 0 bridgehead atoms. The molecule has 0 aliphatic carbocycles. The van der Waals surface area contributed by atoms with E-state index in [1.54, 1.807) is 0 Å². The lowest BCUT2D eigenvalue weighted by Crippen LogP contribution is -2.29. The Kier molecular flexibility index (Phi) is 3.44. The number of ether oxygens (including phenoxy) is 2. The zero-order valence-electron chi connectivity index (χ0n) is 10.2.